The van der Waals surface area contributed by atoms with Gasteiger partial charge in [-0.2, -0.15) is 0 Å². The highest BCUT2D eigenvalue weighted by atomic mass is 32.2. The molecule has 28 heavy (non-hydrogen) atoms. The van der Waals surface area contributed by atoms with Crippen molar-refractivity contribution < 1.29 is 9.66 Å². The van der Waals surface area contributed by atoms with Crippen LogP contribution in [0.1, 0.15) is 17.5 Å². The van der Waals surface area contributed by atoms with Crippen LogP contribution in [0.5, 0.6) is 0 Å². The fourth-order valence-corrected chi connectivity index (χ4v) is 4.08. The van der Waals surface area contributed by atoms with Gasteiger partial charge in [-0.15, -0.1) is 0 Å². The van der Waals surface area contributed by atoms with E-state index in [1.807, 2.05) is 24.3 Å². The van der Waals surface area contributed by atoms with Gasteiger partial charge in [0.1, 0.15) is 0 Å². The molecule has 3 aromatic rings. The third-order valence-corrected chi connectivity index (χ3v) is 5.55. The minimum atomic E-state index is -0.377. The number of thioether (sulfide) groups is 1. The van der Waals surface area contributed by atoms with Gasteiger partial charge in [-0.05, 0) is 31.0 Å². The van der Waals surface area contributed by atoms with E-state index in [0.29, 0.717) is 46.9 Å². The number of hydrogen-bond acceptors (Lipinski definition) is 6. The number of para-hydroxylation sites is 1. The van der Waals surface area contributed by atoms with Crippen molar-refractivity contribution in [2.75, 3.05) is 13.7 Å². The summed E-state index contributed by atoms with van der Waals surface area (Å²) in [4.78, 5) is 28.4. The Labute approximate surface area is 166 Å². The Kier molecular flexibility index (Phi) is 6.43. The van der Waals surface area contributed by atoms with Crippen LogP contribution < -0.4 is 5.56 Å². The molecule has 2 aromatic carbocycles. The van der Waals surface area contributed by atoms with Gasteiger partial charge in [0.15, 0.2) is 5.16 Å². The van der Waals surface area contributed by atoms with Crippen molar-refractivity contribution in [2.24, 2.45) is 0 Å². The van der Waals surface area contributed by atoms with Crippen LogP contribution in [0.2, 0.25) is 0 Å². The van der Waals surface area contributed by atoms with Gasteiger partial charge in [0, 0.05) is 37.6 Å². The van der Waals surface area contributed by atoms with Crippen LogP contribution in [0.15, 0.2) is 52.4 Å². The summed E-state index contributed by atoms with van der Waals surface area (Å²) in [5.74, 6) is 0.489. The normalized spacial score (nSPS) is 11.1. The molecule has 1 heterocycles. The van der Waals surface area contributed by atoms with Crippen LogP contribution in [0.4, 0.5) is 5.69 Å². The first-order valence-corrected chi connectivity index (χ1v) is 9.85. The van der Waals surface area contributed by atoms with E-state index in [4.69, 9.17) is 4.74 Å². The van der Waals surface area contributed by atoms with Gasteiger partial charge < -0.3 is 4.74 Å². The number of nitro groups is 1. The van der Waals surface area contributed by atoms with Crippen LogP contribution in [0, 0.1) is 17.0 Å². The van der Waals surface area contributed by atoms with E-state index in [9.17, 15) is 14.9 Å². The van der Waals surface area contributed by atoms with Crippen LogP contribution in [0.25, 0.3) is 10.9 Å². The highest BCUT2D eigenvalue weighted by molar-refractivity contribution is 7.98. The quantitative estimate of drug-likeness (QED) is 0.187. The lowest BCUT2D eigenvalue weighted by atomic mass is 10.1. The number of benzene rings is 2. The first kappa shape index (κ1) is 20.0. The monoisotopic (exact) mass is 399 g/mol. The summed E-state index contributed by atoms with van der Waals surface area (Å²) in [6, 6.07) is 12.3. The van der Waals surface area contributed by atoms with Crippen molar-refractivity contribution in [2.45, 2.75) is 30.8 Å². The van der Waals surface area contributed by atoms with Crippen molar-refractivity contribution in [1.82, 2.24) is 9.55 Å². The first-order chi connectivity index (χ1) is 13.5. The highest BCUT2D eigenvalue weighted by Gasteiger charge is 2.15. The molecule has 0 atom stereocenters. The molecule has 0 bridgehead atoms. The lowest BCUT2D eigenvalue weighted by Crippen LogP contribution is -2.24. The molecule has 146 valence electrons. The van der Waals surface area contributed by atoms with Crippen molar-refractivity contribution in [3.63, 3.8) is 0 Å². The maximum atomic E-state index is 12.9. The molecule has 0 saturated carbocycles. The highest BCUT2D eigenvalue weighted by Crippen LogP contribution is 2.28. The number of methoxy groups -OCH3 is 1. The van der Waals surface area contributed by atoms with Gasteiger partial charge in [-0.1, -0.05) is 36.0 Å². The van der Waals surface area contributed by atoms with Gasteiger partial charge in [0.05, 0.1) is 15.8 Å². The largest absolute Gasteiger partial charge is 0.385 e. The Morgan fingerprint density at radius 1 is 1.21 bits per heavy atom. The predicted molar refractivity (Wildman–Crippen MR) is 110 cm³/mol. The molecular formula is C20H21N3O4S. The summed E-state index contributed by atoms with van der Waals surface area (Å²) in [6.45, 7) is 2.79. The fourth-order valence-electron chi connectivity index (χ4n) is 2.99. The van der Waals surface area contributed by atoms with Crippen molar-refractivity contribution in [1.29, 1.82) is 0 Å². The van der Waals surface area contributed by atoms with Crippen LogP contribution in [-0.2, 0) is 17.0 Å². The standard InChI is InChI=1S/C20H21N3O4S/c1-14-15(7-5-10-18(14)23(25)26)13-28-20-21-17-9-4-3-8-16(17)19(24)22(20)11-6-12-27-2/h3-5,7-10H,6,11-13H2,1-2H3. The van der Waals surface area contributed by atoms with Crippen LogP contribution >= 0.6 is 11.8 Å². The maximum Gasteiger partial charge on any atom is 0.272 e. The average Bonchev–Trinajstić information content (AvgIpc) is 2.69. The third-order valence-electron chi connectivity index (χ3n) is 4.53. The average molecular weight is 399 g/mol. The summed E-state index contributed by atoms with van der Waals surface area (Å²) in [7, 11) is 1.63. The zero-order valence-electron chi connectivity index (χ0n) is 15.8. The van der Waals surface area contributed by atoms with Gasteiger partial charge in [-0.3, -0.25) is 19.5 Å². The van der Waals surface area contributed by atoms with Crippen molar-refractivity contribution >= 4 is 28.4 Å². The van der Waals surface area contributed by atoms with Crippen LogP contribution in [-0.4, -0.2) is 28.2 Å². The zero-order valence-corrected chi connectivity index (χ0v) is 16.6. The summed E-state index contributed by atoms with van der Waals surface area (Å²) >= 11 is 1.41. The SMILES string of the molecule is COCCCn1c(SCc2cccc([N+](=O)[O-])c2C)nc2ccccc2c1=O. The van der Waals surface area contributed by atoms with E-state index in [1.54, 1.807) is 30.7 Å². The van der Waals surface area contributed by atoms with E-state index >= 15 is 0 Å². The molecule has 0 aliphatic heterocycles. The second-order valence-corrected chi connectivity index (χ2v) is 7.26. The lowest BCUT2D eigenvalue weighted by molar-refractivity contribution is -0.385. The second kappa shape index (κ2) is 8.99. The number of hydrogen-bond donors (Lipinski definition) is 0. The summed E-state index contributed by atoms with van der Waals surface area (Å²) in [6.07, 6.45) is 0.694. The Hall–Kier alpha value is -2.71. The van der Waals surface area contributed by atoms with E-state index in [1.165, 1.54) is 17.8 Å². The predicted octanol–water partition coefficient (Wildman–Crippen LogP) is 3.94. The molecule has 3 rings (SSSR count). The molecule has 0 saturated heterocycles. The molecule has 0 unspecified atom stereocenters. The third kappa shape index (κ3) is 4.23. The smallest absolute Gasteiger partial charge is 0.272 e. The summed E-state index contributed by atoms with van der Waals surface area (Å²) in [5.41, 5.74) is 2.15. The van der Waals surface area contributed by atoms with Crippen LogP contribution in [0.3, 0.4) is 0 Å². The fraction of sp³-hybridized carbons (Fsp3) is 0.300. The number of nitrogens with zero attached hydrogens (tertiary/aromatic N) is 3. The Bertz CT molecular complexity index is 1060. The Morgan fingerprint density at radius 2 is 2.00 bits per heavy atom. The number of rotatable bonds is 8. The molecule has 0 radical (unpaired) electrons. The maximum absolute atomic E-state index is 12.9. The summed E-state index contributed by atoms with van der Waals surface area (Å²) in [5, 5.41) is 12.4. The number of ether oxygens (including phenoxy) is 1. The topological polar surface area (TPSA) is 87.3 Å². The van der Waals surface area contributed by atoms with Gasteiger partial charge in [0.25, 0.3) is 11.2 Å². The molecule has 0 spiro atoms. The van der Waals surface area contributed by atoms with Crippen molar-refractivity contribution in [3.05, 3.63) is 74.1 Å². The second-order valence-electron chi connectivity index (χ2n) is 6.32. The molecule has 0 fully saturated rings. The molecule has 7 nitrogen and oxygen atoms in total. The van der Waals surface area contributed by atoms with E-state index in [2.05, 4.69) is 4.98 Å². The van der Waals surface area contributed by atoms with E-state index in [0.717, 1.165) is 5.56 Å². The number of fused-ring (bicyclic) bond motifs is 1. The molecular weight excluding hydrogens is 378 g/mol. The molecule has 1 aromatic heterocycles. The van der Waals surface area contributed by atoms with Gasteiger partial charge in [0.2, 0.25) is 0 Å². The van der Waals surface area contributed by atoms with E-state index in [-0.39, 0.29) is 16.2 Å². The van der Waals surface area contributed by atoms with Gasteiger partial charge in [-0.25, -0.2) is 4.98 Å². The molecule has 0 N–H and O–H groups in total. The number of aromatic nitrogens is 2. The molecule has 0 aliphatic rings. The Morgan fingerprint density at radius 3 is 2.75 bits per heavy atom. The molecule has 8 heteroatoms. The summed E-state index contributed by atoms with van der Waals surface area (Å²) < 4.78 is 6.77. The lowest BCUT2D eigenvalue weighted by Gasteiger charge is -2.13. The first-order valence-electron chi connectivity index (χ1n) is 8.87. The van der Waals surface area contributed by atoms with E-state index < -0.39 is 0 Å². The molecule has 0 amide bonds. The minimum Gasteiger partial charge on any atom is -0.385 e. The van der Waals surface area contributed by atoms with Gasteiger partial charge >= 0.3 is 0 Å². The Balaban J connectivity index is 1.95. The zero-order chi connectivity index (χ0) is 20.1. The van der Waals surface area contributed by atoms with Crippen molar-refractivity contribution in [3.8, 4) is 0 Å². The minimum absolute atomic E-state index is 0.0834. The molecule has 0 aliphatic carbocycles. The number of nitro benzene ring substituents is 1.